The number of aryl methyl sites for hydroxylation is 1. The maximum atomic E-state index is 13.2. The van der Waals surface area contributed by atoms with Crippen LogP contribution in [0.1, 0.15) is 29.2 Å². The van der Waals surface area contributed by atoms with Crippen molar-refractivity contribution >= 4 is 15.9 Å². The van der Waals surface area contributed by atoms with Gasteiger partial charge in [-0.2, -0.15) is 0 Å². The minimum Gasteiger partial charge on any atom is -0.497 e. The van der Waals surface area contributed by atoms with Gasteiger partial charge in [0.25, 0.3) is 0 Å². The lowest BCUT2D eigenvalue weighted by atomic mass is 10.0. The predicted molar refractivity (Wildman–Crippen MR) is 120 cm³/mol. The lowest BCUT2D eigenvalue weighted by Gasteiger charge is -2.19. The molecular formula is C24H25FN2O4S. The second kappa shape index (κ2) is 10.4. The van der Waals surface area contributed by atoms with Crippen LogP contribution in [0.5, 0.6) is 5.75 Å². The van der Waals surface area contributed by atoms with Crippen molar-refractivity contribution in [3.63, 3.8) is 0 Å². The third-order valence-electron chi connectivity index (χ3n) is 4.94. The molecule has 0 bridgehead atoms. The van der Waals surface area contributed by atoms with Crippen LogP contribution in [0.4, 0.5) is 4.39 Å². The molecule has 0 fully saturated rings. The summed E-state index contributed by atoms with van der Waals surface area (Å²) in [6.45, 7) is 2.31. The van der Waals surface area contributed by atoms with Gasteiger partial charge in [-0.1, -0.05) is 42.0 Å². The van der Waals surface area contributed by atoms with Gasteiger partial charge in [-0.3, -0.25) is 4.79 Å². The number of sulfonamides is 1. The van der Waals surface area contributed by atoms with Gasteiger partial charge < -0.3 is 10.1 Å². The number of nitrogens with one attached hydrogen (secondary N) is 2. The first-order chi connectivity index (χ1) is 15.3. The molecule has 2 N–H and O–H groups in total. The normalized spacial score (nSPS) is 12.2. The molecular weight excluding hydrogens is 431 g/mol. The quantitative estimate of drug-likeness (QED) is 0.512. The first kappa shape index (κ1) is 23.4. The van der Waals surface area contributed by atoms with Crippen molar-refractivity contribution in [3.05, 3.63) is 95.3 Å². The van der Waals surface area contributed by atoms with Crippen molar-refractivity contribution in [1.82, 2.24) is 10.0 Å². The molecule has 3 aromatic carbocycles. The van der Waals surface area contributed by atoms with E-state index >= 15 is 0 Å². The molecule has 0 aliphatic carbocycles. The molecule has 8 heteroatoms. The summed E-state index contributed by atoms with van der Waals surface area (Å²) < 4.78 is 46.6. The molecule has 6 nitrogen and oxygen atoms in total. The number of rotatable bonds is 9. The lowest BCUT2D eigenvalue weighted by molar-refractivity contribution is -0.121. The van der Waals surface area contributed by atoms with Gasteiger partial charge in [0, 0.05) is 13.0 Å². The number of hydrogen-bond donors (Lipinski definition) is 2. The first-order valence-electron chi connectivity index (χ1n) is 10.0. The highest BCUT2D eigenvalue weighted by atomic mass is 32.2. The zero-order valence-corrected chi connectivity index (χ0v) is 18.7. The molecule has 0 radical (unpaired) electrons. The molecule has 0 aliphatic rings. The van der Waals surface area contributed by atoms with Gasteiger partial charge in [-0.15, -0.1) is 0 Å². The molecule has 0 heterocycles. The Morgan fingerprint density at radius 3 is 2.19 bits per heavy atom. The number of carbonyl (C=O) groups excluding carboxylic acids is 1. The Kier molecular flexibility index (Phi) is 7.61. The Bertz CT molecular complexity index is 1150. The monoisotopic (exact) mass is 456 g/mol. The summed E-state index contributed by atoms with van der Waals surface area (Å²) in [6, 6.07) is 18.2. The molecule has 1 amide bonds. The molecule has 0 unspecified atom stereocenters. The summed E-state index contributed by atoms with van der Waals surface area (Å²) >= 11 is 0. The van der Waals surface area contributed by atoms with E-state index in [1.54, 1.807) is 24.3 Å². The average Bonchev–Trinajstić information content (AvgIpc) is 2.78. The first-order valence-corrected chi connectivity index (χ1v) is 11.5. The van der Waals surface area contributed by atoms with E-state index in [4.69, 9.17) is 4.74 Å². The topological polar surface area (TPSA) is 84.5 Å². The summed E-state index contributed by atoms with van der Waals surface area (Å²) in [5, 5.41) is 2.83. The minimum atomic E-state index is -3.99. The maximum Gasteiger partial charge on any atom is 0.241 e. The van der Waals surface area contributed by atoms with Crippen molar-refractivity contribution in [3.8, 4) is 5.75 Å². The van der Waals surface area contributed by atoms with E-state index < -0.39 is 21.9 Å². The molecule has 0 saturated carbocycles. The number of carbonyl (C=O) groups is 1. The summed E-state index contributed by atoms with van der Waals surface area (Å²) in [5.41, 5.74) is 2.66. The van der Waals surface area contributed by atoms with Crippen LogP contribution in [0, 0.1) is 12.7 Å². The number of halogens is 1. The Hall–Kier alpha value is -3.23. The molecule has 0 aliphatic heterocycles. The molecule has 0 spiro atoms. The van der Waals surface area contributed by atoms with Gasteiger partial charge in [-0.05, 0) is 54.4 Å². The highest BCUT2D eigenvalue weighted by Gasteiger charge is 2.24. The van der Waals surface area contributed by atoms with Crippen molar-refractivity contribution in [2.75, 3.05) is 7.11 Å². The largest absolute Gasteiger partial charge is 0.497 e. The Labute approximate surface area is 187 Å². The van der Waals surface area contributed by atoms with Crippen LogP contribution in [0.15, 0.2) is 77.7 Å². The van der Waals surface area contributed by atoms with Crippen molar-refractivity contribution in [2.24, 2.45) is 0 Å². The Morgan fingerprint density at radius 2 is 1.59 bits per heavy atom. The Morgan fingerprint density at radius 1 is 0.969 bits per heavy atom. The van der Waals surface area contributed by atoms with E-state index in [2.05, 4.69) is 10.0 Å². The van der Waals surface area contributed by atoms with Crippen molar-refractivity contribution in [1.29, 1.82) is 0 Å². The van der Waals surface area contributed by atoms with Crippen LogP contribution in [0.25, 0.3) is 0 Å². The molecule has 168 valence electrons. The van der Waals surface area contributed by atoms with Crippen LogP contribution >= 0.6 is 0 Å². The van der Waals surface area contributed by atoms with Crippen LogP contribution in [-0.4, -0.2) is 21.4 Å². The molecule has 3 rings (SSSR count). The SMILES string of the molecule is COc1ccc([C@@H](CC(=O)NCc2ccc(C)cc2)NS(=O)(=O)c2ccc(F)cc2)cc1. The number of methoxy groups -OCH3 is 1. The van der Waals surface area contributed by atoms with E-state index in [9.17, 15) is 17.6 Å². The fourth-order valence-electron chi connectivity index (χ4n) is 3.10. The molecule has 0 aromatic heterocycles. The van der Waals surface area contributed by atoms with E-state index in [-0.39, 0.29) is 17.2 Å². The lowest BCUT2D eigenvalue weighted by Crippen LogP contribution is -2.33. The third-order valence-corrected chi connectivity index (χ3v) is 6.43. The standard InChI is InChI=1S/C24H25FN2O4S/c1-17-3-5-18(6-4-17)16-26-24(28)15-23(19-7-11-21(31-2)12-8-19)27-32(29,30)22-13-9-20(25)10-14-22/h3-14,23,27H,15-16H2,1-2H3,(H,26,28)/t23-/m1/s1. The van der Waals surface area contributed by atoms with Gasteiger partial charge in [0.1, 0.15) is 11.6 Å². The van der Waals surface area contributed by atoms with E-state index in [1.807, 2.05) is 31.2 Å². The predicted octanol–water partition coefficient (Wildman–Crippen LogP) is 3.87. The van der Waals surface area contributed by atoms with Gasteiger partial charge in [0.05, 0.1) is 18.0 Å². The smallest absolute Gasteiger partial charge is 0.241 e. The van der Waals surface area contributed by atoms with Crippen LogP contribution in [-0.2, 0) is 21.4 Å². The number of ether oxygens (including phenoxy) is 1. The van der Waals surface area contributed by atoms with Gasteiger partial charge >= 0.3 is 0 Å². The zero-order valence-electron chi connectivity index (χ0n) is 17.8. The summed E-state index contributed by atoms with van der Waals surface area (Å²) in [6.07, 6.45) is -0.112. The average molecular weight is 457 g/mol. The second-order valence-corrected chi connectivity index (χ2v) is 9.08. The zero-order chi connectivity index (χ0) is 23.1. The molecule has 1 atom stereocenters. The van der Waals surface area contributed by atoms with Gasteiger partial charge in [0.2, 0.25) is 15.9 Å². The van der Waals surface area contributed by atoms with Crippen LogP contribution in [0.3, 0.4) is 0 Å². The molecule has 0 saturated heterocycles. The number of benzene rings is 3. The highest BCUT2D eigenvalue weighted by Crippen LogP contribution is 2.23. The van der Waals surface area contributed by atoms with Crippen LogP contribution in [0.2, 0.25) is 0 Å². The molecule has 3 aromatic rings. The molecule has 32 heavy (non-hydrogen) atoms. The van der Waals surface area contributed by atoms with Gasteiger partial charge in [-0.25, -0.2) is 17.5 Å². The van der Waals surface area contributed by atoms with Gasteiger partial charge in [0.15, 0.2) is 0 Å². The van der Waals surface area contributed by atoms with Crippen LogP contribution < -0.4 is 14.8 Å². The summed E-state index contributed by atoms with van der Waals surface area (Å²) in [5.74, 6) is -0.239. The second-order valence-electron chi connectivity index (χ2n) is 7.37. The van der Waals surface area contributed by atoms with E-state index in [0.29, 0.717) is 17.9 Å². The van der Waals surface area contributed by atoms with Crippen molar-refractivity contribution < 1.29 is 22.3 Å². The summed E-state index contributed by atoms with van der Waals surface area (Å²) in [7, 11) is -2.46. The minimum absolute atomic E-state index is 0.0857. The number of hydrogen-bond acceptors (Lipinski definition) is 4. The van der Waals surface area contributed by atoms with E-state index in [0.717, 1.165) is 23.3 Å². The maximum absolute atomic E-state index is 13.2. The Balaban J connectivity index is 1.77. The highest BCUT2D eigenvalue weighted by molar-refractivity contribution is 7.89. The number of amides is 1. The van der Waals surface area contributed by atoms with Crippen molar-refractivity contribution in [2.45, 2.75) is 30.8 Å². The fraction of sp³-hybridized carbons (Fsp3) is 0.208. The fourth-order valence-corrected chi connectivity index (χ4v) is 4.32. The van der Waals surface area contributed by atoms with E-state index in [1.165, 1.54) is 19.2 Å². The summed E-state index contributed by atoms with van der Waals surface area (Å²) in [4.78, 5) is 12.6. The third kappa shape index (κ3) is 6.38.